The Kier molecular flexibility index (Phi) is 4.12. The van der Waals surface area contributed by atoms with Gasteiger partial charge in [-0.1, -0.05) is 24.3 Å². The highest BCUT2D eigenvalue weighted by molar-refractivity contribution is 5.92. The molecule has 1 aliphatic rings. The molecule has 4 rings (SSSR count). The number of likely N-dealkylation sites (tertiary alicyclic amines) is 1. The summed E-state index contributed by atoms with van der Waals surface area (Å²) >= 11 is 0. The minimum Gasteiger partial charge on any atom is -0.472 e. The Labute approximate surface area is 144 Å². The van der Waals surface area contributed by atoms with Crippen LogP contribution in [0.1, 0.15) is 16.9 Å². The largest absolute Gasteiger partial charge is 0.472 e. The van der Waals surface area contributed by atoms with E-state index in [0.717, 1.165) is 12.1 Å². The molecule has 7 nitrogen and oxygen atoms in total. The fraction of sp³-hybridized carbons (Fsp3) is 0.222. The van der Waals surface area contributed by atoms with Crippen LogP contribution in [0, 0.1) is 0 Å². The Morgan fingerprint density at radius 2 is 1.96 bits per heavy atom. The van der Waals surface area contributed by atoms with Crippen molar-refractivity contribution in [3.05, 3.63) is 66.6 Å². The minimum absolute atomic E-state index is 0.0528. The zero-order valence-electron chi connectivity index (χ0n) is 13.5. The van der Waals surface area contributed by atoms with Crippen molar-refractivity contribution >= 4 is 5.91 Å². The van der Waals surface area contributed by atoms with Crippen LogP contribution in [-0.4, -0.2) is 50.0 Å². The average Bonchev–Trinajstić information content (AvgIpc) is 3.33. The van der Waals surface area contributed by atoms with E-state index in [9.17, 15) is 4.79 Å². The van der Waals surface area contributed by atoms with Crippen molar-refractivity contribution in [3.63, 3.8) is 0 Å². The summed E-state index contributed by atoms with van der Waals surface area (Å²) in [6.45, 7) is 1.15. The quantitative estimate of drug-likeness (QED) is 0.729. The smallest absolute Gasteiger partial charge is 0.276 e. The van der Waals surface area contributed by atoms with E-state index in [1.54, 1.807) is 11.1 Å². The molecule has 1 aliphatic heterocycles. The Bertz CT molecular complexity index is 850. The number of hydrogen-bond acceptors (Lipinski definition) is 5. The van der Waals surface area contributed by atoms with Crippen LogP contribution >= 0.6 is 0 Å². The summed E-state index contributed by atoms with van der Waals surface area (Å²) in [4.78, 5) is 20.0. The molecule has 0 saturated carbocycles. The molecule has 1 unspecified atom stereocenters. The van der Waals surface area contributed by atoms with Gasteiger partial charge in [0.05, 0.1) is 18.4 Å². The first-order valence-corrected chi connectivity index (χ1v) is 8.14. The Balaban J connectivity index is 1.41. The lowest BCUT2D eigenvalue weighted by Gasteiger charge is -2.15. The van der Waals surface area contributed by atoms with E-state index in [0.29, 0.717) is 24.7 Å². The number of para-hydroxylation sites is 1. The molecule has 25 heavy (non-hydrogen) atoms. The number of carbonyl (C=O) groups excluding carboxylic acids is 1. The molecule has 2 aromatic heterocycles. The van der Waals surface area contributed by atoms with Crippen LogP contribution in [0.3, 0.4) is 0 Å². The maximum Gasteiger partial charge on any atom is 0.276 e. The van der Waals surface area contributed by atoms with E-state index in [2.05, 4.69) is 15.2 Å². The zero-order chi connectivity index (χ0) is 17.1. The summed E-state index contributed by atoms with van der Waals surface area (Å²) in [5.41, 5.74) is 1.15. The molecule has 3 heterocycles. The Hall–Kier alpha value is -3.22. The molecule has 3 aromatic rings. The monoisotopic (exact) mass is 335 g/mol. The highest BCUT2D eigenvalue weighted by Gasteiger charge is 2.30. The lowest BCUT2D eigenvalue weighted by atomic mass is 10.3. The van der Waals surface area contributed by atoms with Crippen LogP contribution < -0.4 is 4.74 Å². The highest BCUT2D eigenvalue weighted by Crippen LogP contribution is 2.18. The van der Waals surface area contributed by atoms with Crippen molar-refractivity contribution in [3.8, 4) is 11.6 Å². The number of benzene rings is 1. The van der Waals surface area contributed by atoms with Gasteiger partial charge in [0.1, 0.15) is 6.10 Å². The second kappa shape index (κ2) is 6.72. The minimum atomic E-state index is -0.130. The fourth-order valence-electron chi connectivity index (χ4n) is 2.81. The number of nitrogens with zero attached hydrogens (tertiary/aromatic N) is 5. The molecule has 1 aromatic carbocycles. The maximum atomic E-state index is 12.6. The Morgan fingerprint density at radius 1 is 1.12 bits per heavy atom. The van der Waals surface area contributed by atoms with Crippen molar-refractivity contribution in [2.75, 3.05) is 13.1 Å². The standard InChI is InChI=1S/C18H17N5O2/c24-18(16-12-20-23(21-16)14-6-2-1-3-7-14)22-11-9-15(13-22)25-17-8-4-5-10-19-17/h1-8,10,12,15H,9,11,13H2. The molecule has 7 heteroatoms. The predicted molar refractivity (Wildman–Crippen MR) is 90.5 cm³/mol. The average molecular weight is 335 g/mol. The van der Waals surface area contributed by atoms with Crippen LogP contribution in [0.5, 0.6) is 5.88 Å². The van der Waals surface area contributed by atoms with Crippen LogP contribution in [0.4, 0.5) is 0 Å². The van der Waals surface area contributed by atoms with E-state index in [4.69, 9.17) is 4.74 Å². The van der Waals surface area contributed by atoms with Gasteiger partial charge in [0, 0.05) is 25.2 Å². The van der Waals surface area contributed by atoms with E-state index < -0.39 is 0 Å². The second-order valence-corrected chi connectivity index (χ2v) is 5.80. The van der Waals surface area contributed by atoms with Crippen LogP contribution in [-0.2, 0) is 0 Å². The number of ether oxygens (including phenoxy) is 1. The number of carbonyl (C=O) groups is 1. The van der Waals surface area contributed by atoms with Gasteiger partial charge in [-0.2, -0.15) is 9.90 Å². The predicted octanol–water partition coefficient (Wildman–Crippen LogP) is 1.96. The van der Waals surface area contributed by atoms with Crippen molar-refractivity contribution in [1.82, 2.24) is 24.9 Å². The topological polar surface area (TPSA) is 73.1 Å². The normalized spacial score (nSPS) is 16.8. The second-order valence-electron chi connectivity index (χ2n) is 5.80. The summed E-state index contributed by atoms with van der Waals surface area (Å²) in [5.74, 6) is 0.450. The van der Waals surface area contributed by atoms with Gasteiger partial charge in [-0.25, -0.2) is 4.98 Å². The van der Waals surface area contributed by atoms with Gasteiger partial charge < -0.3 is 9.64 Å². The summed E-state index contributed by atoms with van der Waals surface area (Å²) in [6.07, 6.45) is 3.91. The van der Waals surface area contributed by atoms with Crippen LogP contribution in [0.2, 0.25) is 0 Å². The Morgan fingerprint density at radius 3 is 2.76 bits per heavy atom. The van der Waals surface area contributed by atoms with Gasteiger partial charge in [0.15, 0.2) is 5.69 Å². The number of hydrogen-bond donors (Lipinski definition) is 0. The van der Waals surface area contributed by atoms with Crippen molar-refractivity contribution in [2.24, 2.45) is 0 Å². The molecule has 0 spiro atoms. The molecule has 0 radical (unpaired) electrons. The first-order valence-electron chi connectivity index (χ1n) is 8.14. The molecule has 1 saturated heterocycles. The molecule has 0 N–H and O–H groups in total. The number of aromatic nitrogens is 4. The first-order chi connectivity index (χ1) is 12.3. The third-order valence-corrected chi connectivity index (χ3v) is 4.06. The van der Waals surface area contributed by atoms with Gasteiger partial charge in [-0.15, -0.1) is 5.10 Å². The third-order valence-electron chi connectivity index (χ3n) is 4.06. The maximum absolute atomic E-state index is 12.6. The summed E-state index contributed by atoms with van der Waals surface area (Å²) in [5, 5.41) is 8.48. The number of pyridine rings is 1. The van der Waals surface area contributed by atoms with E-state index in [1.165, 1.54) is 11.0 Å². The highest BCUT2D eigenvalue weighted by atomic mass is 16.5. The van der Waals surface area contributed by atoms with Gasteiger partial charge in [-0.3, -0.25) is 4.79 Å². The van der Waals surface area contributed by atoms with Crippen molar-refractivity contribution < 1.29 is 9.53 Å². The molecule has 1 fully saturated rings. The first kappa shape index (κ1) is 15.3. The van der Waals surface area contributed by atoms with E-state index >= 15 is 0 Å². The van der Waals surface area contributed by atoms with E-state index in [-0.39, 0.29) is 12.0 Å². The van der Waals surface area contributed by atoms with Gasteiger partial charge in [0.2, 0.25) is 5.88 Å². The molecule has 1 atom stereocenters. The summed E-state index contributed by atoms with van der Waals surface area (Å²) in [7, 11) is 0. The van der Waals surface area contributed by atoms with Crippen molar-refractivity contribution in [2.45, 2.75) is 12.5 Å². The van der Waals surface area contributed by atoms with E-state index in [1.807, 2.05) is 48.5 Å². The molecular weight excluding hydrogens is 318 g/mol. The number of rotatable bonds is 4. The third kappa shape index (κ3) is 3.35. The molecule has 0 bridgehead atoms. The lowest BCUT2D eigenvalue weighted by Crippen LogP contribution is -2.31. The molecule has 126 valence electrons. The number of amides is 1. The summed E-state index contributed by atoms with van der Waals surface area (Å²) < 4.78 is 5.82. The molecule has 1 amide bonds. The SMILES string of the molecule is O=C(c1cnn(-c2ccccc2)n1)N1CCC(Oc2ccccn2)C1. The van der Waals surface area contributed by atoms with Gasteiger partial charge in [-0.05, 0) is 18.2 Å². The molecule has 0 aliphatic carbocycles. The zero-order valence-corrected chi connectivity index (χ0v) is 13.5. The van der Waals surface area contributed by atoms with Crippen molar-refractivity contribution in [1.29, 1.82) is 0 Å². The lowest BCUT2D eigenvalue weighted by molar-refractivity contribution is 0.0765. The van der Waals surface area contributed by atoms with Gasteiger partial charge >= 0.3 is 0 Å². The molecular formula is C18H17N5O2. The summed E-state index contributed by atoms with van der Waals surface area (Å²) in [6, 6.07) is 15.0. The van der Waals surface area contributed by atoms with Crippen LogP contribution in [0.15, 0.2) is 60.9 Å². The fourth-order valence-corrected chi connectivity index (χ4v) is 2.81. The van der Waals surface area contributed by atoms with Crippen LogP contribution in [0.25, 0.3) is 5.69 Å². The van der Waals surface area contributed by atoms with Gasteiger partial charge in [0.25, 0.3) is 5.91 Å².